The number of ether oxygens (including phenoxy) is 2. The van der Waals surface area contributed by atoms with E-state index in [0.717, 1.165) is 31.9 Å². The van der Waals surface area contributed by atoms with Crippen LogP contribution in [0.4, 0.5) is 5.69 Å². The van der Waals surface area contributed by atoms with Crippen molar-refractivity contribution in [3.8, 4) is 11.5 Å². The topological polar surface area (TPSA) is 33.7 Å². The number of fused-ring (bicyclic) bond motifs is 1. The van der Waals surface area contributed by atoms with Crippen molar-refractivity contribution in [3.05, 3.63) is 17.2 Å². The van der Waals surface area contributed by atoms with Gasteiger partial charge in [0.15, 0.2) is 11.5 Å². The number of nitrogens with zero attached hydrogens (tertiary/aromatic N) is 1. The van der Waals surface area contributed by atoms with Crippen LogP contribution < -0.4 is 19.7 Å². The van der Waals surface area contributed by atoms with Gasteiger partial charge in [0.1, 0.15) is 6.61 Å². The van der Waals surface area contributed by atoms with Gasteiger partial charge < -0.3 is 19.7 Å². The molecule has 1 fully saturated rings. The van der Waals surface area contributed by atoms with Crippen molar-refractivity contribution >= 4 is 28.9 Å². The van der Waals surface area contributed by atoms with Gasteiger partial charge in [0, 0.05) is 26.2 Å². The van der Waals surface area contributed by atoms with Crippen molar-refractivity contribution in [2.75, 3.05) is 37.7 Å². The fraction of sp³-hybridized carbons (Fsp3) is 0.500. The average molecular weight is 289 g/mol. The molecule has 2 aliphatic heterocycles. The molecule has 2 heterocycles. The Labute approximate surface area is 116 Å². The van der Waals surface area contributed by atoms with Gasteiger partial charge in [-0.05, 0) is 12.1 Å². The van der Waals surface area contributed by atoms with E-state index in [1.807, 2.05) is 12.1 Å². The zero-order chi connectivity index (χ0) is 12.5. The van der Waals surface area contributed by atoms with Gasteiger partial charge in [-0.1, -0.05) is 23.2 Å². The first-order chi connectivity index (χ1) is 8.75. The molecule has 4 nitrogen and oxygen atoms in total. The molecule has 1 aromatic carbocycles. The lowest BCUT2D eigenvalue weighted by atomic mass is 10.2. The van der Waals surface area contributed by atoms with Gasteiger partial charge in [0.25, 0.3) is 0 Å². The Morgan fingerprint density at radius 1 is 1.22 bits per heavy atom. The monoisotopic (exact) mass is 288 g/mol. The highest BCUT2D eigenvalue weighted by atomic mass is 35.5. The zero-order valence-electron chi connectivity index (χ0n) is 9.79. The standard InChI is InChI=1S/C12H14Cl2N2O2/c13-8-1-2-9(16-5-3-15-4-6-16)12-11(8)18-10(14)7-17-12/h1-2,10,15H,3-7H2. The number of nitrogens with one attached hydrogen (secondary N) is 1. The lowest BCUT2D eigenvalue weighted by Crippen LogP contribution is -2.43. The van der Waals surface area contributed by atoms with E-state index in [4.69, 9.17) is 32.7 Å². The smallest absolute Gasteiger partial charge is 0.206 e. The fourth-order valence-electron chi connectivity index (χ4n) is 2.24. The summed E-state index contributed by atoms with van der Waals surface area (Å²) in [6, 6.07) is 3.81. The molecule has 0 aromatic heterocycles. The van der Waals surface area contributed by atoms with E-state index >= 15 is 0 Å². The molecule has 1 unspecified atom stereocenters. The van der Waals surface area contributed by atoms with Crippen LogP contribution in [0.25, 0.3) is 0 Å². The maximum absolute atomic E-state index is 6.12. The fourth-order valence-corrected chi connectivity index (χ4v) is 2.59. The third kappa shape index (κ3) is 2.20. The number of alkyl halides is 1. The molecule has 0 radical (unpaired) electrons. The van der Waals surface area contributed by atoms with Crippen molar-refractivity contribution in [1.29, 1.82) is 0 Å². The summed E-state index contributed by atoms with van der Waals surface area (Å²) in [5.41, 5.74) is 0.549. The Hall–Kier alpha value is -0.840. The van der Waals surface area contributed by atoms with E-state index in [9.17, 15) is 0 Å². The largest absolute Gasteiger partial charge is 0.482 e. The van der Waals surface area contributed by atoms with Crippen molar-refractivity contribution in [3.63, 3.8) is 0 Å². The van der Waals surface area contributed by atoms with Crippen molar-refractivity contribution in [2.45, 2.75) is 5.56 Å². The van der Waals surface area contributed by atoms with Crippen LogP contribution in [0.2, 0.25) is 5.02 Å². The van der Waals surface area contributed by atoms with Crippen LogP contribution in [0, 0.1) is 0 Å². The second-order valence-corrected chi connectivity index (χ2v) is 5.19. The third-order valence-electron chi connectivity index (χ3n) is 3.11. The molecule has 1 saturated heterocycles. The van der Waals surface area contributed by atoms with E-state index in [2.05, 4.69) is 10.2 Å². The molecule has 98 valence electrons. The first-order valence-electron chi connectivity index (χ1n) is 5.97. The van der Waals surface area contributed by atoms with E-state index in [0.29, 0.717) is 23.1 Å². The maximum atomic E-state index is 6.12. The highest BCUT2D eigenvalue weighted by Crippen LogP contribution is 2.45. The first-order valence-corrected chi connectivity index (χ1v) is 6.79. The summed E-state index contributed by atoms with van der Waals surface area (Å²) in [4.78, 5) is 2.27. The van der Waals surface area contributed by atoms with Crippen LogP contribution in [-0.4, -0.2) is 38.3 Å². The molecule has 3 rings (SSSR count). The van der Waals surface area contributed by atoms with Crippen molar-refractivity contribution in [2.24, 2.45) is 0 Å². The molecule has 0 saturated carbocycles. The molecule has 18 heavy (non-hydrogen) atoms. The van der Waals surface area contributed by atoms with Crippen LogP contribution in [0.1, 0.15) is 0 Å². The Bertz CT molecular complexity index is 450. The second kappa shape index (κ2) is 5.03. The van der Waals surface area contributed by atoms with Gasteiger partial charge in [0.05, 0.1) is 10.7 Å². The minimum absolute atomic E-state index is 0.341. The summed E-state index contributed by atoms with van der Waals surface area (Å²) in [5, 5.41) is 3.86. The number of benzene rings is 1. The van der Waals surface area contributed by atoms with Gasteiger partial charge >= 0.3 is 0 Å². The number of piperazine rings is 1. The first kappa shape index (κ1) is 12.2. The summed E-state index contributed by atoms with van der Waals surface area (Å²) in [6.45, 7) is 4.17. The van der Waals surface area contributed by atoms with Crippen molar-refractivity contribution in [1.82, 2.24) is 5.32 Å². The Morgan fingerprint density at radius 2 is 2.00 bits per heavy atom. The Kier molecular flexibility index (Phi) is 3.41. The van der Waals surface area contributed by atoms with Crippen LogP contribution in [0.5, 0.6) is 11.5 Å². The third-order valence-corrected chi connectivity index (χ3v) is 3.62. The number of hydrogen-bond donors (Lipinski definition) is 1. The van der Waals surface area contributed by atoms with Crippen molar-refractivity contribution < 1.29 is 9.47 Å². The van der Waals surface area contributed by atoms with E-state index in [-0.39, 0.29) is 0 Å². The normalized spacial score (nSPS) is 23.0. The predicted molar refractivity (Wildman–Crippen MR) is 72.3 cm³/mol. The zero-order valence-corrected chi connectivity index (χ0v) is 11.3. The minimum Gasteiger partial charge on any atom is -0.482 e. The minimum atomic E-state index is -0.478. The van der Waals surface area contributed by atoms with Crippen LogP contribution >= 0.6 is 23.2 Å². The summed E-state index contributed by atoms with van der Waals surface area (Å²) >= 11 is 12.0. The van der Waals surface area contributed by atoms with Crippen LogP contribution in [-0.2, 0) is 0 Å². The number of anilines is 1. The lowest BCUT2D eigenvalue weighted by Gasteiger charge is -2.33. The maximum Gasteiger partial charge on any atom is 0.206 e. The predicted octanol–water partition coefficient (Wildman–Crippen LogP) is 2.09. The SMILES string of the molecule is Clc1ccc(N2CCNCC2)c2c1OC(Cl)CO2. The Morgan fingerprint density at radius 3 is 2.78 bits per heavy atom. The summed E-state index contributed by atoms with van der Waals surface area (Å²) in [7, 11) is 0. The van der Waals surface area contributed by atoms with Gasteiger partial charge in [0.2, 0.25) is 5.56 Å². The summed E-state index contributed by atoms with van der Waals surface area (Å²) in [5.74, 6) is 1.26. The summed E-state index contributed by atoms with van der Waals surface area (Å²) < 4.78 is 11.3. The van der Waals surface area contributed by atoms with Gasteiger partial charge in [-0.3, -0.25) is 0 Å². The molecule has 1 aromatic rings. The molecule has 0 bridgehead atoms. The number of hydrogen-bond acceptors (Lipinski definition) is 4. The van der Waals surface area contributed by atoms with Crippen LogP contribution in [0.15, 0.2) is 12.1 Å². The quantitative estimate of drug-likeness (QED) is 0.803. The number of rotatable bonds is 1. The van der Waals surface area contributed by atoms with E-state index in [1.54, 1.807) is 0 Å². The molecule has 0 amide bonds. The molecule has 6 heteroatoms. The van der Waals surface area contributed by atoms with Gasteiger partial charge in [-0.25, -0.2) is 0 Å². The molecular formula is C12H14Cl2N2O2. The van der Waals surface area contributed by atoms with Crippen LogP contribution in [0.3, 0.4) is 0 Å². The molecule has 1 N–H and O–H groups in total. The van der Waals surface area contributed by atoms with Gasteiger partial charge in [-0.2, -0.15) is 0 Å². The number of halogens is 2. The molecular weight excluding hydrogens is 275 g/mol. The second-order valence-electron chi connectivity index (χ2n) is 4.30. The highest BCUT2D eigenvalue weighted by Gasteiger charge is 2.27. The molecule has 0 aliphatic carbocycles. The lowest BCUT2D eigenvalue weighted by molar-refractivity contribution is 0.145. The highest BCUT2D eigenvalue weighted by molar-refractivity contribution is 6.32. The Balaban J connectivity index is 1.97. The molecule has 2 aliphatic rings. The van der Waals surface area contributed by atoms with Gasteiger partial charge in [-0.15, -0.1) is 0 Å². The molecule has 1 atom stereocenters. The summed E-state index contributed by atoms with van der Waals surface area (Å²) in [6.07, 6.45) is 0. The van der Waals surface area contributed by atoms with E-state index < -0.39 is 5.56 Å². The molecule has 0 spiro atoms. The average Bonchev–Trinajstić information content (AvgIpc) is 2.41. The van der Waals surface area contributed by atoms with E-state index in [1.165, 1.54) is 0 Å².